The number of aromatic nitrogens is 2. The van der Waals surface area contributed by atoms with E-state index in [2.05, 4.69) is 51.1 Å². The van der Waals surface area contributed by atoms with E-state index in [1.54, 1.807) is 19.2 Å². The van der Waals surface area contributed by atoms with Crippen molar-refractivity contribution in [1.82, 2.24) is 14.9 Å². The zero-order valence-electron chi connectivity index (χ0n) is 23.9. The van der Waals surface area contributed by atoms with Crippen molar-refractivity contribution >= 4 is 34.6 Å². The van der Waals surface area contributed by atoms with Gasteiger partial charge >= 0.3 is 0 Å². The number of nitrogens with one attached hydrogen (secondary N) is 2. The van der Waals surface area contributed by atoms with Crippen LogP contribution in [0.3, 0.4) is 0 Å². The summed E-state index contributed by atoms with van der Waals surface area (Å²) in [5, 5.41) is 7.73. The molecule has 1 amide bonds. The van der Waals surface area contributed by atoms with Crippen molar-refractivity contribution in [1.29, 1.82) is 0 Å². The molecule has 2 fully saturated rings. The fourth-order valence-corrected chi connectivity index (χ4v) is 5.44. The van der Waals surface area contributed by atoms with Gasteiger partial charge in [0.05, 0.1) is 36.8 Å². The molecule has 0 aliphatic carbocycles. The lowest BCUT2D eigenvalue weighted by molar-refractivity contribution is -0.111. The Labute approximate surface area is 243 Å². The van der Waals surface area contributed by atoms with Crippen LogP contribution in [-0.4, -0.2) is 67.7 Å². The third-order valence-electron chi connectivity index (χ3n) is 7.61. The number of carbonyl (C=O) groups excluding carboxylic acids is 1. The molecule has 0 bridgehead atoms. The fraction of sp³-hybridized carbons (Fsp3) is 0.367. The third kappa shape index (κ3) is 6.44. The van der Waals surface area contributed by atoms with E-state index < -0.39 is 17.7 Å². The van der Waals surface area contributed by atoms with Gasteiger partial charge in [-0.2, -0.15) is 0 Å². The first kappa shape index (κ1) is 29.2. The molecule has 5 rings (SSSR count). The van der Waals surface area contributed by atoms with Crippen LogP contribution in [0.15, 0.2) is 55.4 Å². The van der Waals surface area contributed by atoms with Crippen LogP contribution >= 0.6 is 0 Å². The SMILES string of the molecule is C=CC(=O)Nc1cc(Nc2cc(N3OCC[C@@H]3c3cc(F)cc(F)c3)ncn2)c(OC)cc1N1CCC(N(C)C)CC1. The van der Waals surface area contributed by atoms with E-state index in [9.17, 15) is 13.6 Å². The van der Waals surface area contributed by atoms with Gasteiger partial charge in [0.15, 0.2) is 5.82 Å². The van der Waals surface area contributed by atoms with Crippen LogP contribution in [-0.2, 0) is 9.63 Å². The highest BCUT2D eigenvalue weighted by atomic mass is 19.1. The maximum absolute atomic E-state index is 13.9. The minimum Gasteiger partial charge on any atom is -0.494 e. The summed E-state index contributed by atoms with van der Waals surface area (Å²) < 4.78 is 33.6. The highest BCUT2D eigenvalue weighted by Gasteiger charge is 2.30. The van der Waals surface area contributed by atoms with E-state index in [0.29, 0.717) is 53.4 Å². The lowest BCUT2D eigenvalue weighted by Crippen LogP contribution is -2.42. The summed E-state index contributed by atoms with van der Waals surface area (Å²) in [4.78, 5) is 31.3. The molecule has 2 N–H and O–H groups in total. The van der Waals surface area contributed by atoms with Gasteiger partial charge in [-0.3, -0.25) is 9.63 Å². The highest BCUT2D eigenvalue weighted by molar-refractivity contribution is 6.02. The van der Waals surface area contributed by atoms with Crippen molar-refractivity contribution in [2.24, 2.45) is 0 Å². The molecule has 0 saturated carbocycles. The van der Waals surface area contributed by atoms with Crippen LogP contribution in [0.2, 0.25) is 0 Å². The molecule has 1 aromatic heterocycles. The van der Waals surface area contributed by atoms with E-state index in [-0.39, 0.29) is 5.91 Å². The molecule has 0 spiro atoms. The minimum atomic E-state index is -0.654. The predicted molar refractivity (Wildman–Crippen MR) is 158 cm³/mol. The average Bonchev–Trinajstić information content (AvgIpc) is 3.47. The molecular weight excluding hydrogens is 544 g/mol. The lowest BCUT2D eigenvalue weighted by Gasteiger charge is -2.37. The van der Waals surface area contributed by atoms with Crippen molar-refractivity contribution in [2.45, 2.75) is 31.3 Å². The van der Waals surface area contributed by atoms with Crippen LogP contribution in [0.25, 0.3) is 0 Å². The van der Waals surface area contributed by atoms with Crippen molar-refractivity contribution in [2.75, 3.05) is 61.5 Å². The van der Waals surface area contributed by atoms with Gasteiger partial charge in [-0.25, -0.2) is 23.8 Å². The van der Waals surface area contributed by atoms with Gasteiger partial charge in [0.2, 0.25) is 5.91 Å². The second-order valence-electron chi connectivity index (χ2n) is 10.5. The number of rotatable bonds is 9. The summed E-state index contributed by atoms with van der Waals surface area (Å²) in [6.45, 7) is 5.62. The Hall–Kier alpha value is -4.29. The fourth-order valence-electron chi connectivity index (χ4n) is 5.44. The van der Waals surface area contributed by atoms with Gasteiger partial charge in [0.25, 0.3) is 0 Å². The topological polar surface area (TPSA) is 95.1 Å². The zero-order valence-corrected chi connectivity index (χ0v) is 23.9. The van der Waals surface area contributed by atoms with Crippen LogP contribution < -0.4 is 25.3 Å². The summed E-state index contributed by atoms with van der Waals surface area (Å²) in [5.41, 5.74) is 2.48. The number of hydrogen-bond donors (Lipinski definition) is 2. The number of carbonyl (C=O) groups is 1. The number of ether oxygens (including phenoxy) is 1. The smallest absolute Gasteiger partial charge is 0.247 e. The van der Waals surface area contributed by atoms with Gasteiger partial charge in [-0.05, 0) is 56.8 Å². The monoisotopic (exact) mass is 579 g/mol. The molecule has 3 heterocycles. The number of halogens is 2. The molecule has 0 unspecified atom stereocenters. The van der Waals surface area contributed by atoms with E-state index in [1.165, 1.54) is 29.6 Å². The maximum atomic E-state index is 13.9. The molecule has 12 heteroatoms. The summed E-state index contributed by atoms with van der Waals surface area (Å²) in [6, 6.07) is 8.89. The Morgan fingerprint density at radius 1 is 1.07 bits per heavy atom. The molecule has 1 atom stereocenters. The second kappa shape index (κ2) is 12.7. The first-order chi connectivity index (χ1) is 20.2. The number of piperidine rings is 1. The Morgan fingerprint density at radius 2 is 1.81 bits per heavy atom. The van der Waals surface area contributed by atoms with Crippen LogP contribution in [0.4, 0.5) is 37.5 Å². The molecule has 0 radical (unpaired) electrons. The Bertz CT molecular complexity index is 1430. The Balaban J connectivity index is 1.43. The van der Waals surface area contributed by atoms with Gasteiger partial charge < -0.3 is 25.2 Å². The van der Waals surface area contributed by atoms with Crippen LogP contribution in [0.1, 0.15) is 30.9 Å². The minimum absolute atomic E-state index is 0.328. The van der Waals surface area contributed by atoms with Crippen molar-refractivity contribution in [3.05, 3.63) is 72.6 Å². The van der Waals surface area contributed by atoms with Gasteiger partial charge in [0, 0.05) is 43.8 Å². The quantitative estimate of drug-likeness (QED) is 0.338. The van der Waals surface area contributed by atoms with Crippen molar-refractivity contribution in [3.63, 3.8) is 0 Å². The number of anilines is 5. The summed E-state index contributed by atoms with van der Waals surface area (Å²) in [5.74, 6) is -0.233. The standard InChI is InChI=1S/C30H35F2N7O3/c1-5-30(40)36-23-15-24(27(41-4)16-26(23)38-9-6-22(7-10-38)37(2)3)35-28-17-29(34-18-33-28)39-25(8-11-42-39)19-12-20(31)14-21(32)13-19/h5,12-18,22,25H,1,6-11H2,2-4H3,(H,36,40)(H,33,34,35)/t25-/m1/s1. The number of hydroxylamine groups is 1. The zero-order chi connectivity index (χ0) is 29.8. The van der Waals surface area contributed by atoms with E-state index in [0.717, 1.165) is 37.7 Å². The molecule has 222 valence electrons. The lowest BCUT2D eigenvalue weighted by atomic mass is 10.0. The van der Waals surface area contributed by atoms with Crippen LogP contribution in [0, 0.1) is 11.6 Å². The number of benzene rings is 2. The van der Waals surface area contributed by atoms with Gasteiger partial charge in [-0.1, -0.05) is 6.58 Å². The van der Waals surface area contributed by atoms with Crippen molar-refractivity contribution < 1.29 is 23.1 Å². The van der Waals surface area contributed by atoms with E-state index >= 15 is 0 Å². The highest BCUT2D eigenvalue weighted by Crippen LogP contribution is 2.40. The predicted octanol–water partition coefficient (Wildman–Crippen LogP) is 5.04. The van der Waals surface area contributed by atoms with Crippen LogP contribution in [0.5, 0.6) is 5.75 Å². The Morgan fingerprint density at radius 3 is 2.48 bits per heavy atom. The molecule has 2 aliphatic heterocycles. The third-order valence-corrected chi connectivity index (χ3v) is 7.61. The summed E-state index contributed by atoms with van der Waals surface area (Å²) >= 11 is 0. The second-order valence-corrected chi connectivity index (χ2v) is 10.5. The number of amides is 1. The number of nitrogens with zero attached hydrogens (tertiary/aromatic N) is 5. The molecule has 2 aromatic carbocycles. The number of hydrogen-bond acceptors (Lipinski definition) is 9. The maximum Gasteiger partial charge on any atom is 0.247 e. The van der Waals surface area contributed by atoms with E-state index in [4.69, 9.17) is 9.57 Å². The molecule has 42 heavy (non-hydrogen) atoms. The normalized spacial score (nSPS) is 17.4. The first-order valence-electron chi connectivity index (χ1n) is 13.8. The summed E-state index contributed by atoms with van der Waals surface area (Å²) in [6.07, 6.45) is 5.13. The molecule has 2 aliphatic rings. The van der Waals surface area contributed by atoms with Gasteiger partial charge in [0.1, 0.15) is 29.5 Å². The molecule has 10 nitrogen and oxygen atoms in total. The molecule has 2 saturated heterocycles. The number of methoxy groups -OCH3 is 1. The van der Waals surface area contributed by atoms with E-state index in [1.807, 2.05) is 6.07 Å². The first-order valence-corrected chi connectivity index (χ1v) is 13.8. The molecular formula is C30H35F2N7O3. The van der Waals surface area contributed by atoms with Crippen molar-refractivity contribution in [3.8, 4) is 5.75 Å². The molecule has 3 aromatic rings. The summed E-state index contributed by atoms with van der Waals surface area (Å²) in [7, 11) is 5.77. The largest absolute Gasteiger partial charge is 0.494 e. The van der Waals surface area contributed by atoms with Gasteiger partial charge in [-0.15, -0.1) is 0 Å². The Kier molecular flexibility index (Phi) is 8.83. The average molecular weight is 580 g/mol.